The van der Waals surface area contributed by atoms with Crippen LogP contribution in [0.2, 0.25) is 0 Å². The fraction of sp³-hybridized carbons (Fsp3) is 0.737. The van der Waals surface area contributed by atoms with Crippen LogP contribution in [0, 0.1) is 12.8 Å². The largest absolute Gasteiger partial charge is 0.369 e. The number of morpholine rings is 1. The Hall–Kier alpha value is -1.73. The van der Waals surface area contributed by atoms with E-state index in [9.17, 15) is 4.79 Å². The summed E-state index contributed by atoms with van der Waals surface area (Å²) in [5.74, 6) is 1.32. The summed E-state index contributed by atoms with van der Waals surface area (Å²) in [7, 11) is 1.76. The number of carbonyl (C=O) groups excluding carboxylic acids is 1. The summed E-state index contributed by atoms with van der Waals surface area (Å²) in [5, 5.41) is 2.92. The van der Waals surface area contributed by atoms with Crippen LogP contribution in [-0.4, -0.2) is 77.7 Å². The van der Waals surface area contributed by atoms with Gasteiger partial charge in [-0.2, -0.15) is 0 Å². The number of hydrogen-bond donors (Lipinski definition) is 1. The van der Waals surface area contributed by atoms with Crippen molar-refractivity contribution >= 4 is 11.9 Å². The van der Waals surface area contributed by atoms with Gasteiger partial charge in [0.05, 0.1) is 13.2 Å². The van der Waals surface area contributed by atoms with E-state index in [0.717, 1.165) is 24.7 Å². The van der Waals surface area contributed by atoms with Crippen molar-refractivity contribution in [3.63, 3.8) is 0 Å². The second-order valence-electron chi connectivity index (χ2n) is 8.05. The number of hydrogen-bond acceptors (Lipinski definition) is 6. The van der Waals surface area contributed by atoms with Crippen LogP contribution < -0.4 is 5.32 Å². The average molecular weight is 359 g/mol. The van der Waals surface area contributed by atoms with Gasteiger partial charge in [0.25, 0.3) is 5.91 Å². The molecule has 0 aromatic carbocycles. The normalized spacial score (nSPS) is 23.2. The Morgan fingerprint density at radius 3 is 2.81 bits per heavy atom. The summed E-state index contributed by atoms with van der Waals surface area (Å²) >= 11 is 0. The molecule has 0 bridgehead atoms. The molecule has 7 nitrogen and oxygen atoms in total. The van der Waals surface area contributed by atoms with Crippen LogP contribution in [0.1, 0.15) is 41.9 Å². The Morgan fingerprint density at radius 1 is 1.31 bits per heavy atom. The zero-order valence-electron chi connectivity index (χ0n) is 15.8. The number of ether oxygens (including phenoxy) is 1. The van der Waals surface area contributed by atoms with Gasteiger partial charge in [0.2, 0.25) is 5.95 Å². The molecule has 26 heavy (non-hydrogen) atoms. The summed E-state index contributed by atoms with van der Waals surface area (Å²) in [5.41, 5.74) is 1.07. The molecule has 1 aromatic heterocycles. The molecule has 0 radical (unpaired) electrons. The first-order valence-corrected chi connectivity index (χ1v) is 9.76. The SMILES string of the molecule is CNc1nc(C)cc(C(=O)N2CCOC3(CN(CC4CCCC4)C3)C2)n1. The molecule has 2 aliphatic heterocycles. The van der Waals surface area contributed by atoms with Crippen LogP contribution in [0.4, 0.5) is 5.95 Å². The molecule has 0 unspecified atom stereocenters. The highest BCUT2D eigenvalue weighted by Gasteiger charge is 2.48. The Balaban J connectivity index is 1.38. The number of rotatable bonds is 4. The van der Waals surface area contributed by atoms with Gasteiger partial charge in [-0.05, 0) is 31.7 Å². The van der Waals surface area contributed by atoms with Gasteiger partial charge in [0, 0.05) is 38.9 Å². The van der Waals surface area contributed by atoms with E-state index in [1.54, 1.807) is 13.1 Å². The predicted octanol–water partition coefficient (Wildman–Crippen LogP) is 1.54. The van der Waals surface area contributed by atoms with Gasteiger partial charge in [0.15, 0.2) is 0 Å². The van der Waals surface area contributed by atoms with E-state index < -0.39 is 0 Å². The maximum atomic E-state index is 12.9. The zero-order chi connectivity index (χ0) is 18.1. The number of nitrogens with zero attached hydrogens (tertiary/aromatic N) is 4. The Kier molecular flexibility index (Phi) is 4.84. The molecule has 1 N–H and O–H groups in total. The van der Waals surface area contributed by atoms with Crippen LogP contribution in [0.3, 0.4) is 0 Å². The van der Waals surface area contributed by atoms with E-state index in [1.165, 1.54) is 32.2 Å². The highest BCUT2D eigenvalue weighted by Crippen LogP contribution is 2.33. The molecule has 142 valence electrons. The molecular formula is C19H29N5O2. The smallest absolute Gasteiger partial charge is 0.272 e. The summed E-state index contributed by atoms with van der Waals surface area (Å²) in [6.07, 6.45) is 5.51. The van der Waals surface area contributed by atoms with Gasteiger partial charge < -0.3 is 15.0 Å². The number of amides is 1. The number of nitrogens with one attached hydrogen (secondary N) is 1. The lowest BCUT2D eigenvalue weighted by Gasteiger charge is -2.54. The predicted molar refractivity (Wildman–Crippen MR) is 99.3 cm³/mol. The van der Waals surface area contributed by atoms with E-state index in [-0.39, 0.29) is 11.5 Å². The molecule has 4 rings (SSSR count). The molecule has 1 amide bonds. The molecule has 3 fully saturated rings. The molecule has 3 aliphatic rings. The molecule has 1 spiro atoms. The van der Waals surface area contributed by atoms with Crippen molar-refractivity contribution < 1.29 is 9.53 Å². The summed E-state index contributed by atoms with van der Waals surface area (Å²) in [4.78, 5) is 26.0. The first kappa shape index (κ1) is 17.7. The average Bonchev–Trinajstić information content (AvgIpc) is 3.12. The van der Waals surface area contributed by atoms with E-state index in [2.05, 4.69) is 20.2 Å². The van der Waals surface area contributed by atoms with Crippen LogP contribution in [0.5, 0.6) is 0 Å². The van der Waals surface area contributed by atoms with Gasteiger partial charge in [0.1, 0.15) is 11.3 Å². The van der Waals surface area contributed by atoms with Gasteiger partial charge in [-0.25, -0.2) is 9.97 Å². The van der Waals surface area contributed by atoms with E-state index in [4.69, 9.17) is 4.74 Å². The molecule has 7 heteroatoms. The molecule has 1 aromatic rings. The third-order valence-corrected chi connectivity index (χ3v) is 5.85. The topological polar surface area (TPSA) is 70.6 Å². The first-order valence-electron chi connectivity index (χ1n) is 9.76. The third-order valence-electron chi connectivity index (χ3n) is 5.85. The van der Waals surface area contributed by atoms with Crippen molar-refractivity contribution in [3.05, 3.63) is 17.5 Å². The van der Waals surface area contributed by atoms with Crippen molar-refractivity contribution in [2.75, 3.05) is 51.7 Å². The highest BCUT2D eigenvalue weighted by molar-refractivity contribution is 5.92. The molecule has 2 saturated heterocycles. The lowest BCUT2D eigenvalue weighted by atomic mass is 9.90. The molecular weight excluding hydrogens is 330 g/mol. The molecule has 1 saturated carbocycles. The molecule has 0 atom stereocenters. The Labute approximate surface area is 155 Å². The summed E-state index contributed by atoms with van der Waals surface area (Å²) in [6, 6.07) is 1.76. The maximum absolute atomic E-state index is 12.9. The number of anilines is 1. The highest BCUT2D eigenvalue weighted by atomic mass is 16.5. The lowest BCUT2D eigenvalue weighted by Crippen LogP contribution is -2.70. The summed E-state index contributed by atoms with van der Waals surface area (Å²) in [6.45, 7) is 6.84. The molecule has 3 heterocycles. The van der Waals surface area contributed by atoms with Crippen LogP contribution in [0.15, 0.2) is 6.07 Å². The van der Waals surface area contributed by atoms with Gasteiger partial charge in [-0.15, -0.1) is 0 Å². The van der Waals surface area contributed by atoms with Crippen molar-refractivity contribution in [2.24, 2.45) is 5.92 Å². The molecule has 1 aliphatic carbocycles. The number of aryl methyl sites for hydroxylation is 1. The second kappa shape index (κ2) is 7.12. The van der Waals surface area contributed by atoms with Gasteiger partial charge in [-0.3, -0.25) is 9.69 Å². The number of aromatic nitrogens is 2. The van der Waals surface area contributed by atoms with Crippen molar-refractivity contribution in [1.82, 2.24) is 19.8 Å². The minimum Gasteiger partial charge on any atom is -0.369 e. The first-order chi connectivity index (χ1) is 12.6. The fourth-order valence-electron chi connectivity index (χ4n) is 4.62. The van der Waals surface area contributed by atoms with E-state index in [1.807, 2.05) is 11.8 Å². The minimum absolute atomic E-state index is 0.0242. The zero-order valence-corrected chi connectivity index (χ0v) is 15.8. The second-order valence-corrected chi connectivity index (χ2v) is 8.05. The Bertz CT molecular complexity index is 668. The number of carbonyl (C=O) groups is 1. The van der Waals surface area contributed by atoms with Crippen molar-refractivity contribution in [1.29, 1.82) is 0 Å². The third kappa shape index (κ3) is 3.55. The standard InChI is InChI=1S/C19H29N5O2/c1-14-9-16(22-18(20-2)21-14)17(25)24-7-8-26-19(13-24)11-23(12-19)10-15-5-3-4-6-15/h9,15H,3-8,10-13H2,1-2H3,(H,20,21,22). The van der Waals surface area contributed by atoms with Crippen LogP contribution >= 0.6 is 0 Å². The van der Waals surface area contributed by atoms with E-state index in [0.29, 0.717) is 31.3 Å². The minimum atomic E-state index is -0.180. The van der Waals surface area contributed by atoms with E-state index >= 15 is 0 Å². The monoisotopic (exact) mass is 359 g/mol. The quantitative estimate of drug-likeness (QED) is 0.879. The van der Waals surface area contributed by atoms with Crippen molar-refractivity contribution in [2.45, 2.75) is 38.2 Å². The van der Waals surface area contributed by atoms with Crippen LogP contribution in [0.25, 0.3) is 0 Å². The maximum Gasteiger partial charge on any atom is 0.272 e. The van der Waals surface area contributed by atoms with Gasteiger partial charge in [-0.1, -0.05) is 12.8 Å². The summed E-state index contributed by atoms with van der Waals surface area (Å²) < 4.78 is 6.10. The van der Waals surface area contributed by atoms with Gasteiger partial charge >= 0.3 is 0 Å². The van der Waals surface area contributed by atoms with Crippen molar-refractivity contribution in [3.8, 4) is 0 Å². The fourth-order valence-corrected chi connectivity index (χ4v) is 4.62. The lowest BCUT2D eigenvalue weighted by molar-refractivity contribution is -0.178. The number of likely N-dealkylation sites (tertiary alicyclic amines) is 1. The Morgan fingerprint density at radius 2 is 2.08 bits per heavy atom. The van der Waals surface area contributed by atoms with Crippen LogP contribution in [-0.2, 0) is 4.74 Å².